The molecule has 0 radical (unpaired) electrons. The van der Waals surface area contributed by atoms with Crippen molar-refractivity contribution in [3.63, 3.8) is 0 Å². The zero-order valence-corrected chi connectivity index (χ0v) is 16.3. The summed E-state index contributed by atoms with van der Waals surface area (Å²) in [5.74, 6) is 1.16. The van der Waals surface area contributed by atoms with Crippen molar-refractivity contribution in [1.29, 1.82) is 0 Å². The molecule has 0 aromatic heterocycles. The number of carbonyl (C=O) groups excluding carboxylic acids is 3. The van der Waals surface area contributed by atoms with Gasteiger partial charge < -0.3 is 4.74 Å². The lowest BCUT2D eigenvalue weighted by Gasteiger charge is -2.26. The zero-order valence-electron chi connectivity index (χ0n) is 15.6. The van der Waals surface area contributed by atoms with E-state index < -0.39 is 17.8 Å². The third-order valence-electron chi connectivity index (χ3n) is 4.29. The minimum absolute atomic E-state index is 0.00629. The number of imide groups is 2. The van der Waals surface area contributed by atoms with Gasteiger partial charge in [0.1, 0.15) is 17.9 Å². The van der Waals surface area contributed by atoms with Crippen molar-refractivity contribution in [3.8, 4) is 18.1 Å². The molecule has 0 unspecified atom stereocenters. The number of urea groups is 1. The van der Waals surface area contributed by atoms with Gasteiger partial charge in [-0.3, -0.25) is 14.9 Å². The Hall–Kier alpha value is -3.56. The molecular weight excluding hydrogens is 392 g/mol. The molecule has 0 atom stereocenters. The summed E-state index contributed by atoms with van der Waals surface area (Å²) in [4.78, 5) is 38.6. The molecule has 0 saturated carbocycles. The van der Waals surface area contributed by atoms with E-state index in [-0.39, 0.29) is 12.2 Å². The van der Waals surface area contributed by atoms with E-state index >= 15 is 0 Å². The van der Waals surface area contributed by atoms with Gasteiger partial charge in [0.05, 0.1) is 5.69 Å². The maximum Gasteiger partial charge on any atom is 0.335 e. The van der Waals surface area contributed by atoms with E-state index in [0.717, 1.165) is 16.9 Å². The highest BCUT2D eigenvalue weighted by Crippen LogP contribution is 2.28. The van der Waals surface area contributed by atoms with Crippen LogP contribution in [0.25, 0.3) is 6.08 Å². The first-order valence-corrected chi connectivity index (χ1v) is 9.18. The molecule has 1 heterocycles. The molecule has 2 aromatic rings. The Morgan fingerprint density at radius 3 is 2.55 bits per heavy atom. The topological polar surface area (TPSA) is 75.7 Å². The first-order chi connectivity index (χ1) is 13.9. The number of ether oxygens (including phenoxy) is 1. The van der Waals surface area contributed by atoms with Crippen LogP contribution >= 0.6 is 11.6 Å². The molecule has 1 aliphatic rings. The average molecular weight is 409 g/mol. The van der Waals surface area contributed by atoms with Crippen LogP contribution in [0.2, 0.25) is 5.02 Å². The molecule has 1 N–H and O–H groups in total. The highest BCUT2D eigenvalue weighted by molar-refractivity contribution is 6.39. The predicted molar refractivity (Wildman–Crippen MR) is 111 cm³/mol. The summed E-state index contributed by atoms with van der Waals surface area (Å²) in [5, 5.41) is 2.57. The van der Waals surface area contributed by atoms with Crippen molar-refractivity contribution in [2.75, 3.05) is 11.5 Å². The molecule has 4 amide bonds. The van der Waals surface area contributed by atoms with Crippen LogP contribution in [0.15, 0.2) is 48.0 Å². The van der Waals surface area contributed by atoms with E-state index in [1.54, 1.807) is 24.3 Å². The monoisotopic (exact) mass is 408 g/mol. The van der Waals surface area contributed by atoms with Crippen LogP contribution < -0.4 is 15.0 Å². The molecule has 2 aromatic carbocycles. The molecule has 6 nitrogen and oxygen atoms in total. The van der Waals surface area contributed by atoms with E-state index in [0.29, 0.717) is 22.0 Å². The largest absolute Gasteiger partial charge is 0.480 e. The summed E-state index contributed by atoms with van der Waals surface area (Å²) in [6.45, 7) is 2.00. The van der Waals surface area contributed by atoms with E-state index in [2.05, 4.69) is 11.2 Å². The summed E-state index contributed by atoms with van der Waals surface area (Å²) in [6, 6.07) is 10.9. The molecule has 0 spiro atoms. The van der Waals surface area contributed by atoms with Crippen molar-refractivity contribution >= 4 is 41.2 Å². The fourth-order valence-corrected chi connectivity index (χ4v) is 2.99. The number of barbiturate groups is 1. The van der Waals surface area contributed by atoms with Gasteiger partial charge in [0.2, 0.25) is 0 Å². The molecular formula is C22H17ClN2O4. The van der Waals surface area contributed by atoms with Gasteiger partial charge in [-0.2, -0.15) is 0 Å². The minimum Gasteiger partial charge on any atom is -0.480 e. The predicted octanol–water partition coefficient (Wildman–Crippen LogP) is 3.58. The van der Waals surface area contributed by atoms with E-state index in [9.17, 15) is 14.4 Å². The van der Waals surface area contributed by atoms with E-state index in [1.165, 1.54) is 12.1 Å². The molecule has 0 aliphatic carbocycles. The van der Waals surface area contributed by atoms with Gasteiger partial charge in [-0.1, -0.05) is 36.6 Å². The number of terminal acetylenes is 1. The Morgan fingerprint density at radius 2 is 1.90 bits per heavy atom. The number of rotatable bonds is 5. The standard InChI is InChI=1S/C22H17ClN2O4/c1-3-11-29-19-10-7-16(23)12-15(19)13-18-20(26)24-22(28)25(21(18)27)17-8-5-14(4-2)6-9-17/h1,5-10,12-13H,4,11H2,2H3,(H,24,26,28)/b18-13+. The van der Waals surface area contributed by atoms with Gasteiger partial charge in [-0.25, -0.2) is 9.69 Å². The molecule has 1 saturated heterocycles. The lowest BCUT2D eigenvalue weighted by Crippen LogP contribution is -2.54. The van der Waals surface area contributed by atoms with Crippen molar-refractivity contribution in [2.45, 2.75) is 13.3 Å². The Labute approximate surface area is 173 Å². The zero-order chi connectivity index (χ0) is 21.0. The van der Waals surface area contributed by atoms with Crippen molar-refractivity contribution in [2.24, 2.45) is 0 Å². The normalized spacial score (nSPS) is 15.3. The number of halogens is 1. The Morgan fingerprint density at radius 1 is 1.17 bits per heavy atom. The lowest BCUT2D eigenvalue weighted by atomic mass is 10.1. The summed E-state index contributed by atoms with van der Waals surface area (Å²) in [5.41, 5.74) is 1.58. The number of nitrogens with one attached hydrogen (secondary N) is 1. The second-order valence-corrected chi connectivity index (χ2v) is 6.59. The summed E-state index contributed by atoms with van der Waals surface area (Å²) < 4.78 is 5.45. The first-order valence-electron chi connectivity index (χ1n) is 8.80. The maximum atomic E-state index is 13.0. The second-order valence-electron chi connectivity index (χ2n) is 6.15. The number of hydrogen-bond acceptors (Lipinski definition) is 4. The SMILES string of the molecule is C#CCOc1ccc(Cl)cc1/C=C1\C(=O)NC(=O)N(c2ccc(CC)cc2)C1=O. The van der Waals surface area contributed by atoms with Gasteiger partial charge in [-0.05, 0) is 48.4 Å². The van der Waals surface area contributed by atoms with Crippen LogP contribution in [0.4, 0.5) is 10.5 Å². The van der Waals surface area contributed by atoms with Gasteiger partial charge in [0.25, 0.3) is 11.8 Å². The van der Waals surface area contributed by atoms with Crippen molar-refractivity contribution in [1.82, 2.24) is 5.32 Å². The van der Waals surface area contributed by atoms with Gasteiger partial charge >= 0.3 is 6.03 Å². The van der Waals surface area contributed by atoms with E-state index in [4.69, 9.17) is 22.8 Å². The van der Waals surface area contributed by atoms with Crippen LogP contribution in [-0.2, 0) is 16.0 Å². The van der Waals surface area contributed by atoms with Crippen molar-refractivity contribution < 1.29 is 19.1 Å². The van der Waals surface area contributed by atoms with Crippen LogP contribution in [0.3, 0.4) is 0 Å². The van der Waals surface area contributed by atoms with Crippen molar-refractivity contribution in [3.05, 3.63) is 64.2 Å². The number of amides is 4. The number of benzene rings is 2. The molecule has 146 valence electrons. The molecule has 7 heteroatoms. The van der Waals surface area contributed by atoms with Crippen LogP contribution in [0, 0.1) is 12.3 Å². The third kappa shape index (κ3) is 4.31. The highest BCUT2D eigenvalue weighted by Gasteiger charge is 2.37. The fourth-order valence-electron chi connectivity index (χ4n) is 2.81. The average Bonchev–Trinajstić information content (AvgIpc) is 2.71. The number of carbonyl (C=O) groups is 3. The first kappa shape index (κ1) is 20.2. The molecule has 29 heavy (non-hydrogen) atoms. The lowest BCUT2D eigenvalue weighted by molar-refractivity contribution is -0.122. The smallest absolute Gasteiger partial charge is 0.335 e. The Kier molecular flexibility index (Phi) is 6.01. The second kappa shape index (κ2) is 8.63. The van der Waals surface area contributed by atoms with Gasteiger partial charge in [-0.15, -0.1) is 6.42 Å². The molecule has 3 rings (SSSR count). The fraction of sp³-hybridized carbons (Fsp3) is 0.136. The summed E-state index contributed by atoms with van der Waals surface area (Å²) in [6.07, 6.45) is 7.37. The quantitative estimate of drug-likeness (QED) is 0.466. The molecule has 0 bridgehead atoms. The number of nitrogens with zero attached hydrogens (tertiary/aromatic N) is 1. The van der Waals surface area contributed by atoms with E-state index in [1.807, 2.05) is 19.1 Å². The summed E-state index contributed by atoms with van der Waals surface area (Å²) in [7, 11) is 0. The Bertz CT molecular complexity index is 1050. The Balaban J connectivity index is 2.01. The summed E-state index contributed by atoms with van der Waals surface area (Å²) >= 11 is 6.04. The minimum atomic E-state index is -0.809. The maximum absolute atomic E-state index is 13.0. The highest BCUT2D eigenvalue weighted by atomic mass is 35.5. The number of hydrogen-bond donors (Lipinski definition) is 1. The third-order valence-corrected chi connectivity index (χ3v) is 4.52. The van der Waals surface area contributed by atoms with Gasteiger partial charge in [0, 0.05) is 10.6 Å². The number of aryl methyl sites for hydroxylation is 1. The molecule has 1 aliphatic heterocycles. The number of anilines is 1. The molecule has 1 fully saturated rings. The van der Waals surface area contributed by atoms with Crippen LogP contribution in [0.5, 0.6) is 5.75 Å². The van der Waals surface area contributed by atoms with Crippen LogP contribution in [-0.4, -0.2) is 24.5 Å². The van der Waals surface area contributed by atoms with Crippen LogP contribution in [0.1, 0.15) is 18.1 Å². The van der Waals surface area contributed by atoms with Gasteiger partial charge in [0.15, 0.2) is 0 Å².